The van der Waals surface area contributed by atoms with Gasteiger partial charge in [0.25, 0.3) is 0 Å². The maximum atomic E-state index is 12.3. The number of aryl methyl sites for hydroxylation is 1. The van der Waals surface area contributed by atoms with Gasteiger partial charge in [0.05, 0.1) is 24.6 Å². The second kappa shape index (κ2) is 8.36. The smallest absolute Gasteiger partial charge is 0.222 e. The maximum Gasteiger partial charge on any atom is 0.222 e. The van der Waals surface area contributed by atoms with Crippen LogP contribution >= 0.6 is 27.3 Å². The van der Waals surface area contributed by atoms with Crippen molar-refractivity contribution in [3.05, 3.63) is 44.6 Å². The molecule has 1 aromatic heterocycles. The highest BCUT2D eigenvalue weighted by atomic mass is 79.9. The third-order valence-electron chi connectivity index (χ3n) is 3.54. The van der Waals surface area contributed by atoms with E-state index in [1.165, 1.54) is 0 Å². The van der Waals surface area contributed by atoms with Crippen LogP contribution in [0.4, 0.5) is 0 Å². The zero-order valence-electron chi connectivity index (χ0n) is 13.5. The van der Waals surface area contributed by atoms with Crippen molar-refractivity contribution in [3.63, 3.8) is 0 Å². The van der Waals surface area contributed by atoms with E-state index in [9.17, 15) is 4.79 Å². The van der Waals surface area contributed by atoms with Crippen LogP contribution in [0, 0.1) is 0 Å². The topological polar surface area (TPSA) is 38.8 Å². The number of carbonyl (C=O) groups excluding carboxylic acids is 1. The number of nitrogens with zero attached hydrogens (tertiary/aromatic N) is 1. The number of halogens is 1. The maximum absolute atomic E-state index is 12.3. The molecular weight excluding hydrogens is 378 g/mol. The molecule has 23 heavy (non-hydrogen) atoms. The van der Waals surface area contributed by atoms with Crippen LogP contribution in [0.5, 0.6) is 11.5 Å². The summed E-state index contributed by atoms with van der Waals surface area (Å²) < 4.78 is 11.7. The monoisotopic (exact) mass is 397 g/mol. The van der Waals surface area contributed by atoms with E-state index < -0.39 is 0 Å². The number of carbonyl (C=O) groups is 1. The first-order chi connectivity index (χ1) is 11.0. The lowest BCUT2D eigenvalue weighted by Crippen LogP contribution is -2.26. The SMILES string of the molecule is COc1ccc(OC)c(CCC(=O)N(C)Cc2ccc(Br)s2)c1. The standard InChI is InChI=1S/C17H20BrNO3S/c1-19(11-14-6-8-16(18)23-14)17(20)9-4-12-10-13(21-2)5-7-15(12)22-3/h5-8,10H,4,9,11H2,1-3H3. The van der Waals surface area contributed by atoms with Crippen molar-refractivity contribution in [1.82, 2.24) is 4.90 Å². The quantitative estimate of drug-likeness (QED) is 0.705. The van der Waals surface area contributed by atoms with Crippen molar-refractivity contribution in [2.75, 3.05) is 21.3 Å². The summed E-state index contributed by atoms with van der Waals surface area (Å²) >= 11 is 5.08. The van der Waals surface area contributed by atoms with Gasteiger partial charge < -0.3 is 14.4 Å². The molecule has 0 aliphatic carbocycles. The highest BCUT2D eigenvalue weighted by Gasteiger charge is 2.13. The van der Waals surface area contributed by atoms with E-state index in [1.807, 2.05) is 37.4 Å². The van der Waals surface area contributed by atoms with Gasteiger partial charge in [-0.15, -0.1) is 11.3 Å². The van der Waals surface area contributed by atoms with Crippen LogP contribution in [0.2, 0.25) is 0 Å². The van der Waals surface area contributed by atoms with Crippen LogP contribution < -0.4 is 9.47 Å². The second-order valence-corrected chi connectivity index (χ2v) is 7.68. The number of hydrogen-bond donors (Lipinski definition) is 0. The van der Waals surface area contributed by atoms with Crippen LogP contribution in [0.3, 0.4) is 0 Å². The Morgan fingerprint density at radius 3 is 2.61 bits per heavy atom. The summed E-state index contributed by atoms with van der Waals surface area (Å²) in [5.74, 6) is 1.66. The molecule has 0 atom stereocenters. The van der Waals surface area contributed by atoms with E-state index in [0.29, 0.717) is 19.4 Å². The Morgan fingerprint density at radius 2 is 2.00 bits per heavy atom. The second-order valence-electron chi connectivity index (χ2n) is 5.13. The number of rotatable bonds is 7. The highest BCUT2D eigenvalue weighted by Crippen LogP contribution is 2.26. The number of amides is 1. The first-order valence-electron chi connectivity index (χ1n) is 7.22. The Hall–Kier alpha value is -1.53. The molecule has 124 valence electrons. The Morgan fingerprint density at radius 1 is 1.22 bits per heavy atom. The molecule has 0 unspecified atom stereocenters. The summed E-state index contributed by atoms with van der Waals surface area (Å²) in [5.41, 5.74) is 0.979. The zero-order chi connectivity index (χ0) is 16.8. The minimum Gasteiger partial charge on any atom is -0.497 e. The van der Waals surface area contributed by atoms with Crippen molar-refractivity contribution >= 4 is 33.2 Å². The number of benzene rings is 1. The number of thiophene rings is 1. The molecule has 0 aliphatic rings. The van der Waals surface area contributed by atoms with Crippen LogP contribution in [0.1, 0.15) is 16.9 Å². The summed E-state index contributed by atoms with van der Waals surface area (Å²) in [6.07, 6.45) is 1.06. The van der Waals surface area contributed by atoms with Crippen molar-refractivity contribution in [2.24, 2.45) is 0 Å². The normalized spacial score (nSPS) is 10.4. The van der Waals surface area contributed by atoms with E-state index in [0.717, 1.165) is 25.7 Å². The molecule has 2 rings (SSSR count). The molecule has 1 aromatic carbocycles. The molecule has 6 heteroatoms. The average molecular weight is 398 g/mol. The predicted octanol–water partition coefficient (Wildman–Crippen LogP) is 4.12. The molecule has 2 aromatic rings. The molecule has 1 heterocycles. The number of hydrogen-bond acceptors (Lipinski definition) is 4. The van der Waals surface area contributed by atoms with E-state index in [-0.39, 0.29) is 5.91 Å². The van der Waals surface area contributed by atoms with Gasteiger partial charge >= 0.3 is 0 Å². The molecule has 0 bridgehead atoms. The summed E-state index contributed by atoms with van der Waals surface area (Å²) in [6.45, 7) is 0.629. The summed E-state index contributed by atoms with van der Waals surface area (Å²) in [5, 5.41) is 0. The minimum atomic E-state index is 0.111. The van der Waals surface area contributed by atoms with Gasteiger partial charge in [-0.05, 0) is 58.2 Å². The van der Waals surface area contributed by atoms with Crippen molar-refractivity contribution in [2.45, 2.75) is 19.4 Å². The minimum absolute atomic E-state index is 0.111. The van der Waals surface area contributed by atoms with Crippen LogP contribution in [0.25, 0.3) is 0 Å². The summed E-state index contributed by atoms with van der Waals surface area (Å²) in [6, 6.07) is 9.67. The molecule has 0 radical (unpaired) electrons. The number of methoxy groups -OCH3 is 2. The van der Waals surface area contributed by atoms with Gasteiger partial charge in [0.1, 0.15) is 11.5 Å². The molecule has 0 spiro atoms. The van der Waals surface area contributed by atoms with Crippen molar-refractivity contribution < 1.29 is 14.3 Å². The Kier molecular flexibility index (Phi) is 6.47. The van der Waals surface area contributed by atoms with Crippen molar-refractivity contribution in [3.8, 4) is 11.5 Å². The third-order valence-corrected chi connectivity index (χ3v) is 5.15. The van der Waals surface area contributed by atoms with Gasteiger partial charge in [0.15, 0.2) is 0 Å². The van der Waals surface area contributed by atoms with E-state index in [1.54, 1.807) is 30.5 Å². The Bertz CT molecular complexity index is 672. The van der Waals surface area contributed by atoms with Gasteiger partial charge in [-0.25, -0.2) is 0 Å². The van der Waals surface area contributed by atoms with E-state index in [2.05, 4.69) is 15.9 Å². The predicted molar refractivity (Wildman–Crippen MR) is 96.4 cm³/mol. The van der Waals surface area contributed by atoms with Gasteiger partial charge in [-0.3, -0.25) is 4.79 Å². The highest BCUT2D eigenvalue weighted by molar-refractivity contribution is 9.11. The largest absolute Gasteiger partial charge is 0.497 e. The fraction of sp³-hybridized carbons (Fsp3) is 0.353. The summed E-state index contributed by atoms with van der Waals surface area (Å²) in [4.78, 5) is 15.2. The summed E-state index contributed by atoms with van der Waals surface area (Å²) in [7, 11) is 5.09. The molecule has 0 aliphatic heterocycles. The van der Waals surface area contributed by atoms with Crippen molar-refractivity contribution in [1.29, 1.82) is 0 Å². The molecule has 0 saturated carbocycles. The third kappa shape index (κ3) is 4.97. The lowest BCUT2D eigenvalue weighted by atomic mass is 10.1. The average Bonchev–Trinajstić information content (AvgIpc) is 2.96. The molecule has 4 nitrogen and oxygen atoms in total. The fourth-order valence-corrected chi connectivity index (χ4v) is 3.81. The molecule has 0 fully saturated rings. The Balaban J connectivity index is 1.95. The van der Waals surface area contributed by atoms with Gasteiger partial charge in [-0.1, -0.05) is 0 Å². The Labute approximate surface area is 149 Å². The van der Waals surface area contributed by atoms with Gasteiger partial charge in [0, 0.05) is 18.3 Å². The molecular formula is C17H20BrNO3S. The first-order valence-corrected chi connectivity index (χ1v) is 8.83. The fourth-order valence-electron chi connectivity index (χ4n) is 2.27. The van der Waals surface area contributed by atoms with Crippen LogP contribution in [-0.2, 0) is 17.8 Å². The van der Waals surface area contributed by atoms with Gasteiger partial charge in [-0.2, -0.15) is 0 Å². The zero-order valence-corrected chi connectivity index (χ0v) is 15.9. The number of ether oxygens (including phenoxy) is 2. The van der Waals surface area contributed by atoms with Gasteiger partial charge in [0.2, 0.25) is 5.91 Å². The van der Waals surface area contributed by atoms with E-state index in [4.69, 9.17) is 9.47 Å². The molecule has 0 N–H and O–H groups in total. The lowest BCUT2D eigenvalue weighted by Gasteiger charge is -2.17. The lowest BCUT2D eigenvalue weighted by molar-refractivity contribution is -0.130. The van der Waals surface area contributed by atoms with E-state index >= 15 is 0 Å². The first kappa shape index (κ1) is 17.8. The van der Waals surface area contributed by atoms with Crippen LogP contribution in [0.15, 0.2) is 34.1 Å². The molecule has 1 amide bonds. The van der Waals surface area contributed by atoms with Crippen LogP contribution in [-0.4, -0.2) is 32.1 Å². The molecule has 0 saturated heterocycles.